The normalized spacial score (nSPS) is 15.5. The SMILES string of the molecule is CCCCNc1ncc(C(=O)NCCN2CCOCC2)cn1. The Morgan fingerprint density at radius 1 is 1.27 bits per heavy atom. The van der Waals surface area contributed by atoms with E-state index in [9.17, 15) is 4.79 Å². The molecule has 0 aromatic carbocycles. The summed E-state index contributed by atoms with van der Waals surface area (Å²) < 4.78 is 5.29. The first-order valence-electron chi connectivity index (χ1n) is 7.94. The Kier molecular flexibility index (Phi) is 7.05. The fraction of sp³-hybridized carbons (Fsp3) is 0.667. The Labute approximate surface area is 131 Å². The predicted molar refractivity (Wildman–Crippen MR) is 85.0 cm³/mol. The van der Waals surface area contributed by atoms with Crippen molar-refractivity contribution in [1.82, 2.24) is 20.2 Å². The van der Waals surface area contributed by atoms with Crippen LogP contribution in [0.5, 0.6) is 0 Å². The molecule has 1 aliphatic heterocycles. The zero-order valence-electron chi connectivity index (χ0n) is 13.2. The quantitative estimate of drug-likeness (QED) is 0.690. The number of ether oxygens (including phenoxy) is 1. The molecule has 2 rings (SSSR count). The number of nitrogens with zero attached hydrogens (tertiary/aromatic N) is 3. The van der Waals surface area contributed by atoms with Gasteiger partial charge in [0.1, 0.15) is 0 Å². The van der Waals surface area contributed by atoms with Gasteiger partial charge in [-0.05, 0) is 6.42 Å². The molecule has 1 amide bonds. The van der Waals surface area contributed by atoms with Crippen molar-refractivity contribution in [2.45, 2.75) is 19.8 Å². The van der Waals surface area contributed by atoms with Gasteiger partial charge in [-0.3, -0.25) is 9.69 Å². The molecule has 122 valence electrons. The van der Waals surface area contributed by atoms with Crippen LogP contribution in [0.2, 0.25) is 0 Å². The number of aromatic nitrogens is 2. The monoisotopic (exact) mass is 307 g/mol. The fourth-order valence-corrected chi connectivity index (χ4v) is 2.17. The second-order valence-electron chi connectivity index (χ2n) is 5.29. The number of amides is 1. The van der Waals surface area contributed by atoms with Crippen molar-refractivity contribution < 1.29 is 9.53 Å². The van der Waals surface area contributed by atoms with Crippen molar-refractivity contribution >= 4 is 11.9 Å². The maximum Gasteiger partial charge on any atom is 0.254 e. The zero-order chi connectivity index (χ0) is 15.6. The highest BCUT2D eigenvalue weighted by molar-refractivity contribution is 5.93. The lowest BCUT2D eigenvalue weighted by Crippen LogP contribution is -2.41. The lowest BCUT2D eigenvalue weighted by atomic mass is 10.3. The summed E-state index contributed by atoms with van der Waals surface area (Å²) in [6.45, 7) is 7.84. The minimum Gasteiger partial charge on any atom is -0.379 e. The van der Waals surface area contributed by atoms with E-state index in [1.54, 1.807) is 12.4 Å². The van der Waals surface area contributed by atoms with Gasteiger partial charge in [0.25, 0.3) is 5.91 Å². The van der Waals surface area contributed by atoms with Gasteiger partial charge >= 0.3 is 0 Å². The van der Waals surface area contributed by atoms with Crippen LogP contribution in [0.15, 0.2) is 12.4 Å². The van der Waals surface area contributed by atoms with Crippen molar-refractivity contribution in [2.75, 3.05) is 51.3 Å². The van der Waals surface area contributed by atoms with E-state index >= 15 is 0 Å². The third-order valence-electron chi connectivity index (χ3n) is 3.54. The van der Waals surface area contributed by atoms with Crippen LogP contribution in [0, 0.1) is 0 Å². The average molecular weight is 307 g/mol. The molecule has 1 aromatic heterocycles. The molecule has 22 heavy (non-hydrogen) atoms. The molecule has 2 heterocycles. The molecular formula is C15H25N5O2. The van der Waals surface area contributed by atoms with E-state index in [1.165, 1.54) is 0 Å². The Morgan fingerprint density at radius 2 is 2.00 bits per heavy atom. The van der Waals surface area contributed by atoms with Crippen molar-refractivity contribution in [3.05, 3.63) is 18.0 Å². The number of hydrogen-bond acceptors (Lipinski definition) is 6. The van der Waals surface area contributed by atoms with Gasteiger partial charge in [0, 0.05) is 45.1 Å². The number of carbonyl (C=O) groups is 1. The summed E-state index contributed by atoms with van der Waals surface area (Å²) in [6, 6.07) is 0. The molecule has 1 saturated heterocycles. The fourth-order valence-electron chi connectivity index (χ4n) is 2.17. The van der Waals surface area contributed by atoms with Gasteiger partial charge in [0.15, 0.2) is 0 Å². The number of rotatable bonds is 8. The summed E-state index contributed by atoms with van der Waals surface area (Å²) in [5.41, 5.74) is 0.489. The molecule has 0 radical (unpaired) electrons. The van der Waals surface area contributed by atoms with E-state index in [2.05, 4.69) is 32.4 Å². The van der Waals surface area contributed by atoms with Gasteiger partial charge in [-0.25, -0.2) is 9.97 Å². The summed E-state index contributed by atoms with van der Waals surface area (Å²) in [5.74, 6) is 0.437. The van der Waals surface area contributed by atoms with Crippen LogP contribution in [0.4, 0.5) is 5.95 Å². The third kappa shape index (κ3) is 5.57. The predicted octanol–water partition coefficient (Wildman–Crippen LogP) is 0.751. The van der Waals surface area contributed by atoms with Gasteiger partial charge in [-0.2, -0.15) is 0 Å². The maximum atomic E-state index is 12.0. The number of morpholine rings is 1. The second-order valence-corrected chi connectivity index (χ2v) is 5.29. The summed E-state index contributed by atoms with van der Waals surface area (Å²) in [4.78, 5) is 22.6. The number of unbranched alkanes of at least 4 members (excludes halogenated alkanes) is 1. The molecule has 1 fully saturated rings. The van der Waals surface area contributed by atoms with Crippen molar-refractivity contribution in [3.8, 4) is 0 Å². The summed E-state index contributed by atoms with van der Waals surface area (Å²) in [7, 11) is 0. The third-order valence-corrected chi connectivity index (χ3v) is 3.54. The number of anilines is 1. The Hall–Kier alpha value is -1.73. The van der Waals surface area contributed by atoms with Crippen LogP contribution in [0.3, 0.4) is 0 Å². The van der Waals surface area contributed by atoms with Crippen LogP contribution >= 0.6 is 0 Å². The Bertz CT molecular complexity index is 446. The molecule has 0 spiro atoms. The highest BCUT2D eigenvalue weighted by Crippen LogP contribution is 2.01. The molecule has 0 atom stereocenters. The largest absolute Gasteiger partial charge is 0.379 e. The summed E-state index contributed by atoms with van der Waals surface area (Å²) in [6.07, 6.45) is 5.32. The van der Waals surface area contributed by atoms with Crippen LogP contribution in [-0.2, 0) is 4.74 Å². The average Bonchev–Trinajstić information content (AvgIpc) is 2.56. The second kappa shape index (κ2) is 9.32. The minimum absolute atomic E-state index is 0.131. The Morgan fingerprint density at radius 3 is 2.68 bits per heavy atom. The smallest absolute Gasteiger partial charge is 0.254 e. The molecule has 2 N–H and O–H groups in total. The molecule has 0 unspecified atom stereocenters. The first kappa shape index (κ1) is 16.6. The first-order chi connectivity index (χ1) is 10.8. The molecule has 0 saturated carbocycles. The molecule has 7 nitrogen and oxygen atoms in total. The Balaban J connectivity index is 1.70. The zero-order valence-corrected chi connectivity index (χ0v) is 13.2. The van der Waals surface area contributed by atoms with Gasteiger partial charge in [0.05, 0.1) is 18.8 Å². The highest BCUT2D eigenvalue weighted by atomic mass is 16.5. The van der Waals surface area contributed by atoms with Crippen molar-refractivity contribution in [3.63, 3.8) is 0 Å². The lowest BCUT2D eigenvalue weighted by molar-refractivity contribution is 0.0383. The van der Waals surface area contributed by atoms with Crippen LogP contribution < -0.4 is 10.6 Å². The molecular weight excluding hydrogens is 282 g/mol. The first-order valence-corrected chi connectivity index (χ1v) is 7.94. The number of hydrogen-bond donors (Lipinski definition) is 2. The molecule has 1 aliphatic rings. The molecule has 1 aromatic rings. The van der Waals surface area contributed by atoms with Gasteiger partial charge < -0.3 is 15.4 Å². The van der Waals surface area contributed by atoms with Crippen molar-refractivity contribution in [2.24, 2.45) is 0 Å². The van der Waals surface area contributed by atoms with E-state index in [1.807, 2.05) is 0 Å². The number of nitrogens with one attached hydrogen (secondary N) is 2. The molecule has 7 heteroatoms. The maximum absolute atomic E-state index is 12.0. The molecule has 0 aliphatic carbocycles. The summed E-state index contributed by atoms with van der Waals surface area (Å²) in [5, 5.41) is 6.02. The van der Waals surface area contributed by atoms with Gasteiger partial charge in [0.2, 0.25) is 5.95 Å². The lowest BCUT2D eigenvalue weighted by Gasteiger charge is -2.26. The van der Waals surface area contributed by atoms with E-state index < -0.39 is 0 Å². The van der Waals surface area contributed by atoms with E-state index in [-0.39, 0.29) is 5.91 Å². The standard InChI is InChI=1S/C15H25N5O2/c1-2-3-4-17-15-18-11-13(12-19-15)14(21)16-5-6-20-7-9-22-10-8-20/h11-12H,2-10H2,1H3,(H,16,21)(H,17,18,19). The van der Waals surface area contributed by atoms with Crippen molar-refractivity contribution in [1.29, 1.82) is 0 Å². The van der Waals surface area contributed by atoms with E-state index in [4.69, 9.17) is 4.74 Å². The van der Waals surface area contributed by atoms with Gasteiger partial charge in [-0.1, -0.05) is 13.3 Å². The molecule has 0 bridgehead atoms. The van der Waals surface area contributed by atoms with Gasteiger partial charge in [-0.15, -0.1) is 0 Å². The topological polar surface area (TPSA) is 79.4 Å². The number of carbonyl (C=O) groups excluding carboxylic acids is 1. The van der Waals surface area contributed by atoms with E-state index in [0.29, 0.717) is 18.1 Å². The van der Waals surface area contributed by atoms with Crippen LogP contribution in [-0.4, -0.2) is 66.7 Å². The van der Waals surface area contributed by atoms with Crippen LogP contribution in [0.25, 0.3) is 0 Å². The highest BCUT2D eigenvalue weighted by Gasteiger charge is 2.11. The minimum atomic E-state index is -0.131. The summed E-state index contributed by atoms with van der Waals surface area (Å²) >= 11 is 0. The van der Waals surface area contributed by atoms with E-state index in [0.717, 1.165) is 52.2 Å². The van der Waals surface area contributed by atoms with Crippen LogP contribution in [0.1, 0.15) is 30.1 Å².